The van der Waals surface area contributed by atoms with E-state index in [1.165, 1.54) is 0 Å². The zero-order chi connectivity index (χ0) is 19.9. The van der Waals surface area contributed by atoms with E-state index in [4.69, 9.17) is 17.0 Å². The lowest BCUT2D eigenvalue weighted by molar-refractivity contribution is 0.0527. The van der Waals surface area contributed by atoms with E-state index in [-0.39, 0.29) is 5.97 Å². The van der Waals surface area contributed by atoms with Crippen molar-refractivity contribution in [3.8, 4) is 0 Å². The van der Waals surface area contributed by atoms with Gasteiger partial charge in [0.1, 0.15) is 5.82 Å². The topological polar surface area (TPSA) is 62.6 Å². The van der Waals surface area contributed by atoms with Gasteiger partial charge in [-0.15, -0.1) is 0 Å². The van der Waals surface area contributed by atoms with Gasteiger partial charge in [-0.25, -0.2) is 9.78 Å². The van der Waals surface area contributed by atoms with Crippen molar-refractivity contribution in [2.75, 3.05) is 38.1 Å². The molecule has 0 radical (unpaired) electrons. The molecule has 2 aromatic rings. The van der Waals surface area contributed by atoms with E-state index in [2.05, 4.69) is 24.7 Å². The number of hydrogen-bond donors (Lipinski definition) is 1. The molecule has 1 aromatic carbocycles. The summed E-state index contributed by atoms with van der Waals surface area (Å²) in [6, 6.07) is 7.30. The minimum atomic E-state index is -0.342. The molecule has 0 bridgehead atoms. The van der Waals surface area contributed by atoms with Gasteiger partial charge in [0.05, 0.1) is 24.4 Å². The zero-order valence-corrected chi connectivity index (χ0v) is 17.2. The number of carbonyl (C=O) groups excluding carboxylic acids is 1. The maximum Gasteiger partial charge on any atom is 0.340 e. The first-order chi connectivity index (χ1) is 13.6. The number of rotatable bonds is 5. The van der Waals surface area contributed by atoms with Crippen LogP contribution in [0.15, 0.2) is 36.7 Å². The number of hydrogen-bond acceptors (Lipinski definition) is 5. The lowest BCUT2D eigenvalue weighted by atomic mass is 10.2. The first kappa shape index (κ1) is 20.3. The Bertz CT molecular complexity index is 822. The third-order valence-electron chi connectivity index (χ3n) is 4.83. The highest BCUT2D eigenvalue weighted by atomic mass is 32.1. The highest BCUT2D eigenvalue weighted by molar-refractivity contribution is 7.80. The molecule has 8 heteroatoms. The van der Waals surface area contributed by atoms with Crippen LogP contribution in [0.3, 0.4) is 0 Å². The Balaban J connectivity index is 1.60. The predicted molar refractivity (Wildman–Crippen MR) is 113 cm³/mol. The average molecular weight is 402 g/mol. The van der Waals surface area contributed by atoms with Crippen LogP contribution in [0.2, 0.25) is 0 Å². The molecule has 0 atom stereocenters. The first-order valence-electron chi connectivity index (χ1n) is 9.59. The van der Waals surface area contributed by atoms with Crippen LogP contribution in [0.4, 0.5) is 5.69 Å². The van der Waals surface area contributed by atoms with E-state index in [0.717, 1.165) is 45.0 Å². The molecule has 0 aliphatic carbocycles. The highest BCUT2D eigenvalue weighted by Crippen LogP contribution is 2.18. The van der Waals surface area contributed by atoms with Crippen LogP contribution < -0.4 is 5.32 Å². The number of nitrogens with one attached hydrogen (secondary N) is 1. The molecule has 1 aromatic heterocycles. The summed E-state index contributed by atoms with van der Waals surface area (Å²) in [5, 5.41) is 3.87. The zero-order valence-electron chi connectivity index (χ0n) is 16.4. The van der Waals surface area contributed by atoms with Crippen LogP contribution in [0.5, 0.6) is 0 Å². The average Bonchev–Trinajstić information content (AvgIpc) is 2.94. The van der Waals surface area contributed by atoms with Gasteiger partial charge in [0.25, 0.3) is 0 Å². The summed E-state index contributed by atoms with van der Waals surface area (Å²) in [6.45, 7) is 6.60. The van der Waals surface area contributed by atoms with E-state index in [1.54, 1.807) is 13.0 Å². The second-order valence-electron chi connectivity index (χ2n) is 6.77. The number of benzene rings is 1. The van der Waals surface area contributed by atoms with Crippen LogP contribution in [0, 0.1) is 0 Å². The lowest BCUT2D eigenvalue weighted by Crippen LogP contribution is -2.38. The lowest BCUT2D eigenvalue weighted by Gasteiger charge is -2.25. The molecule has 0 saturated carbocycles. The monoisotopic (exact) mass is 401 g/mol. The molecule has 7 nitrogen and oxygen atoms in total. The number of imidazole rings is 1. The van der Waals surface area contributed by atoms with Crippen molar-refractivity contribution in [3.05, 3.63) is 48.0 Å². The number of ether oxygens (including phenoxy) is 1. The quantitative estimate of drug-likeness (QED) is 0.610. The molecule has 1 aliphatic heterocycles. The van der Waals surface area contributed by atoms with Gasteiger partial charge in [0, 0.05) is 45.6 Å². The van der Waals surface area contributed by atoms with E-state index in [9.17, 15) is 4.79 Å². The summed E-state index contributed by atoms with van der Waals surface area (Å²) in [5.41, 5.74) is 1.18. The Morgan fingerprint density at radius 1 is 1.25 bits per heavy atom. The van der Waals surface area contributed by atoms with E-state index >= 15 is 0 Å². The number of aryl methyl sites for hydroxylation is 1. The predicted octanol–water partition coefficient (Wildman–Crippen LogP) is 2.50. The summed E-state index contributed by atoms with van der Waals surface area (Å²) in [7, 11) is 2.02. The van der Waals surface area contributed by atoms with Crippen LogP contribution in [-0.2, 0) is 18.3 Å². The van der Waals surface area contributed by atoms with Crippen LogP contribution >= 0.6 is 12.2 Å². The summed E-state index contributed by atoms with van der Waals surface area (Å²) in [5.74, 6) is 0.725. The van der Waals surface area contributed by atoms with Gasteiger partial charge >= 0.3 is 5.97 Å². The van der Waals surface area contributed by atoms with Crippen molar-refractivity contribution in [1.29, 1.82) is 0 Å². The smallest absolute Gasteiger partial charge is 0.340 e. The van der Waals surface area contributed by atoms with Crippen molar-refractivity contribution >= 4 is 29.0 Å². The van der Waals surface area contributed by atoms with Crippen LogP contribution in [-0.4, -0.2) is 63.2 Å². The molecule has 1 fully saturated rings. The van der Waals surface area contributed by atoms with Crippen molar-refractivity contribution in [2.45, 2.75) is 19.9 Å². The van der Waals surface area contributed by atoms with Crippen molar-refractivity contribution in [1.82, 2.24) is 19.4 Å². The fourth-order valence-electron chi connectivity index (χ4n) is 3.25. The third kappa shape index (κ3) is 5.08. The Kier molecular flexibility index (Phi) is 7.00. The van der Waals surface area contributed by atoms with Gasteiger partial charge in [0.15, 0.2) is 5.11 Å². The van der Waals surface area contributed by atoms with E-state index < -0.39 is 0 Å². The van der Waals surface area contributed by atoms with Crippen molar-refractivity contribution in [3.63, 3.8) is 0 Å². The van der Waals surface area contributed by atoms with Gasteiger partial charge in [-0.3, -0.25) is 4.90 Å². The largest absolute Gasteiger partial charge is 0.462 e. The Labute approximate surface area is 171 Å². The normalized spacial score (nSPS) is 15.1. The fraction of sp³-hybridized carbons (Fsp3) is 0.450. The van der Waals surface area contributed by atoms with E-state index in [1.807, 2.05) is 37.6 Å². The van der Waals surface area contributed by atoms with Crippen LogP contribution in [0.25, 0.3) is 0 Å². The van der Waals surface area contributed by atoms with Gasteiger partial charge in [-0.1, -0.05) is 12.1 Å². The summed E-state index contributed by atoms with van der Waals surface area (Å²) < 4.78 is 7.20. The maximum absolute atomic E-state index is 12.2. The van der Waals surface area contributed by atoms with Gasteiger partial charge in [-0.05, 0) is 37.7 Å². The Morgan fingerprint density at radius 3 is 2.82 bits per heavy atom. The SMILES string of the molecule is CCOC(=O)c1ccccc1NC(=S)N1CCCN(Cc2nccn2C)CC1. The summed E-state index contributed by atoms with van der Waals surface area (Å²) in [4.78, 5) is 21.1. The van der Waals surface area contributed by atoms with Crippen LogP contribution in [0.1, 0.15) is 29.5 Å². The van der Waals surface area contributed by atoms with Gasteiger partial charge in [-0.2, -0.15) is 0 Å². The molecule has 1 saturated heterocycles. The number of carbonyl (C=O) groups is 1. The minimum Gasteiger partial charge on any atom is -0.462 e. The Hall–Kier alpha value is -2.45. The molecule has 1 N–H and O–H groups in total. The molecular formula is C20H27N5O2S. The summed E-state index contributed by atoms with van der Waals surface area (Å²) in [6.07, 6.45) is 4.82. The Morgan fingerprint density at radius 2 is 2.07 bits per heavy atom. The standard InChI is InChI=1S/C20H27N5O2S/c1-3-27-19(26)16-7-4-5-8-17(16)22-20(28)25-11-6-10-24(13-14-25)15-18-21-9-12-23(18)2/h4-5,7-9,12H,3,6,10-11,13-15H2,1-2H3,(H,22,28). The molecule has 150 valence electrons. The maximum atomic E-state index is 12.2. The van der Waals surface area contributed by atoms with Gasteiger partial charge in [0.2, 0.25) is 0 Å². The molecular weight excluding hydrogens is 374 g/mol. The van der Waals surface area contributed by atoms with Crippen molar-refractivity contribution in [2.24, 2.45) is 7.05 Å². The number of nitrogens with zero attached hydrogens (tertiary/aromatic N) is 4. The molecule has 1 aliphatic rings. The van der Waals surface area contributed by atoms with Crippen molar-refractivity contribution < 1.29 is 9.53 Å². The second-order valence-corrected chi connectivity index (χ2v) is 7.15. The first-order valence-corrected chi connectivity index (χ1v) is 10.00. The number of esters is 1. The third-order valence-corrected chi connectivity index (χ3v) is 5.19. The highest BCUT2D eigenvalue weighted by Gasteiger charge is 2.20. The number of anilines is 1. The number of aromatic nitrogens is 2. The summed E-state index contributed by atoms with van der Waals surface area (Å²) >= 11 is 5.63. The molecule has 2 heterocycles. The fourth-order valence-corrected chi connectivity index (χ4v) is 3.55. The molecule has 0 spiro atoms. The molecule has 28 heavy (non-hydrogen) atoms. The molecule has 0 amide bonds. The molecule has 3 rings (SSSR count). The number of para-hydroxylation sites is 1. The molecule has 0 unspecified atom stereocenters. The number of thiocarbonyl (C=S) groups is 1. The minimum absolute atomic E-state index is 0.342. The second kappa shape index (κ2) is 9.66. The van der Waals surface area contributed by atoms with E-state index in [0.29, 0.717) is 23.0 Å². The van der Waals surface area contributed by atoms with Gasteiger partial charge < -0.3 is 19.5 Å².